The summed E-state index contributed by atoms with van der Waals surface area (Å²) in [5, 5.41) is 11.3. The fourth-order valence-electron chi connectivity index (χ4n) is 1.12. The van der Waals surface area contributed by atoms with Gasteiger partial charge < -0.3 is 10.4 Å². The number of hydrogen-bond acceptors (Lipinski definition) is 3. The van der Waals surface area contributed by atoms with E-state index in [-0.39, 0.29) is 6.42 Å². The molecule has 0 saturated heterocycles. The summed E-state index contributed by atoms with van der Waals surface area (Å²) >= 11 is 0. The standard InChI is InChI=1S/C9H11FN2O2/c1-11-8(9(13)14)3-6-2-7(10)5-12-4-6/h2,4-5,8,11H,3H2,1H3,(H,13,14). The van der Waals surface area contributed by atoms with Gasteiger partial charge in [-0.15, -0.1) is 0 Å². The van der Waals surface area contributed by atoms with E-state index in [2.05, 4.69) is 10.3 Å². The average Bonchev–Trinajstić information content (AvgIpc) is 2.14. The lowest BCUT2D eigenvalue weighted by molar-refractivity contribution is -0.139. The molecule has 1 aromatic heterocycles. The summed E-state index contributed by atoms with van der Waals surface area (Å²) < 4.78 is 12.7. The van der Waals surface area contributed by atoms with Gasteiger partial charge in [-0.2, -0.15) is 0 Å². The third-order valence-corrected chi connectivity index (χ3v) is 1.85. The lowest BCUT2D eigenvalue weighted by Crippen LogP contribution is -2.35. The van der Waals surface area contributed by atoms with Crippen LogP contribution in [0.25, 0.3) is 0 Å². The Morgan fingerprint density at radius 3 is 2.93 bits per heavy atom. The molecule has 1 rings (SSSR count). The van der Waals surface area contributed by atoms with E-state index in [0.717, 1.165) is 6.20 Å². The highest BCUT2D eigenvalue weighted by Crippen LogP contribution is 2.04. The number of carboxylic acids is 1. The number of likely N-dealkylation sites (N-methyl/N-ethyl adjacent to an activating group) is 1. The lowest BCUT2D eigenvalue weighted by atomic mass is 10.1. The maximum Gasteiger partial charge on any atom is 0.321 e. The first-order chi connectivity index (χ1) is 6.63. The number of nitrogens with one attached hydrogen (secondary N) is 1. The van der Waals surface area contributed by atoms with Crippen LogP contribution in [0.4, 0.5) is 4.39 Å². The molecule has 14 heavy (non-hydrogen) atoms. The van der Waals surface area contributed by atoms with E-state index >= 15 is 0 Å². The van der Waals surface area contributed by atoms with Crippen molar-refractivity contribution in [3.8, 4) is 0 Å². The number of carbonyl (C=O) groups is 1. The fraction of sp³-hybridized carbons (Fsp3) is 0.333. The molecule has 0 fully saturated rings. The quantitative estimate of drug-likeness (QED) is 0.736. The van der Waals surface area contributed by atoms with E-state index in [0.29, 0.717) is 5.56 Å². The van der Waals surface area contributed by atoms with Crippen molar-refractivity contribution < 1.29 is 14.3 Å². The maximum atomic E-state index is 12.7. The molecule has 1 heterocycles. The summed E-state index contributed by atoms with van der Waals surface area (Å²) in [6.45, 7) is 0. The number of carboxylic acid groups (broad SMARTS) is 1. The zero-order valence-electron chi connectivity index (χ0n) is 7.70. The number of pyridine rings is 1. The Balaban J connectivity index is 2.72. The molecule has 0 aromatic carbocycles. The zero-order valence-corrected chi connectivity index (χ0v) is 7.70. The van der Waals surface area contributed by atoms with Crippen molar-refractivity contribution in [1.29, 1.82) is 0 Å². The van der Waals surface area contributed by atoms with Crippen LogP contribution in [0.3, 0.4) is 0 Å². The number of aliphatic carboxylic acids is 1. The second-order valence-corrected chi connectivity index (χ2v) is 2.90. The van der Waals surface area contributed by atoms with Gasteiger partial charge in [0.2, 0.25) is 0 Å². The van der Waals surface area contributed by atoms with Gasteiger partial charge in [0.1, 0.15) is 11.9 Å². The van der Waals surface area contributed by atoms with Gasteiger partial charge in [0.15, 0.2) is 0 Å². The summed E-state index contributed by atoms with van der Waals surface area (Å²) in [7, 11) is 1.55. The second-order valence-electron chi connectivity index (χ2n) is 2.90. The highest BCUT2D eigenvalue weighted by molar-refractivity contribution is 5.73. The highest BCUT2D eigenvalue weighted by Gasteiger charge is 2.15. The number of rotatable bonds is 4. The van der Waals surface area contributed by atoms with E-state index in [1.54, 1.807) is 7.05 Å². The first-order valence-corrected chi connectivity index (χ1v) is 4.13. The van der Waals surface area contributed by atoms with Crippen molar-refractivity contribution in [1.82, 2.24) is 10.3 Å². The van der Waals surface area contributed by atoms with Crippen LogP contribution in [0.2, 0.25) is 0 Å². The van der Waals surface area contributed by atoms with Gasteiger partial charge in [-0.25, -0.2) is 4.39 Å². The van der Waals surface area contributed by atoms with Gasteiger partial charge in [-0.05, 0) is 18.7 Å². The molecule has 0 aliphatic carbocycles. The van der Waals surface area contributed by atoms with E-state index in [1.165, 1.54) is 12.3 Å². The molecule has 4 nitrogen and oxygen atoms in total. The molecule has 0 saturated carbocycles. The molecule has 0 amide bonds. The van der Waals surface area contributed by atoms with Crippen LogP contribution in [-0.4, -0.2) is 29.1 Å². The van der Waals surface area contributed by atoms with Gasteiger partial charge in [0.05, 0.1) is 6.20 Å². The van der Waals surface area contributed by atoms with Gasteiger partial charge in [-0.3, -0.25) is 9.78 Å². The van der Waals surface area contributed by atoms with Gasteiger partial charge >= 0.3 is 5.97 Å². The topological polar surface area (TPSA) is 62.2 Å². The fourth-order valence-corrected chi connectivity index (χ4v) is 1.12. The molecule has 0 aliphatic rings. The summed E-state index contributed by atoms with van der Waals surface area (Å²) in [5.41, 5.74) is 0.562. The van der Waals surface area contributed by atoms with Crippen LogP contribution in [0.5, 0.6) is 0 Å². The molecular weight excluding hydrogens is 187 g/mol. The maximum absolute atomic E-state index is 12.7. The molecule has 1 aromatic rings. The first-order valence-electron chi connectivity index (χ1n) is 4.13. The number of halogens is 1. The van der Waals surface area contributed by atoms with Crippen molar-refractivity contribution in [2.75, 3.05) is 7.05 Å². The minimum absolute atomic E-state index is 0.219. The average molecular weight is 198 g/mol. The van der Waals surface area contributed by atoms with Crippen LogP contribution in [-0.2, 0) is 11.2 Å². The van der Waals surface area contributed by atoms with E-state index in [4.69, 9.17) is 5.11 Å². The summed E-state index contributed by atoms with van der Waals surface area (Å²) in [6.07, 6.45) is 2.76. The molecule has 5 heteroatoms. The number of aromatic nitrogens is 1. The van der Waals surface area contributed by atoms with Crippen molar-refractivity contribution >= 4 is 5.97 Å². The number of nitrogens with zero attached hydrogens (tertiary/aromatic N) is 1. The van der Waals surface area contributed by atoms with Crippen LogP contribution in [0, 0.1) is 5.82 Å². The zero-order chi connectivity index (χ0) is 10.6. The SMILES string of the molecule is CNC(Cc1cncc(F)c1)C(=O)O. The predicted octanol–water partition coefficient (Wildman–Crippen LogP) is 0.436. The summed E-state index contributed by atoms with van der Waals surface area (Å²) in [4.78, 5) is 14.3. The van der Waals surface area contributed by atoms with Crippen LogP contribution in [0.15, 0.2) is 18.5 Å². The van der Waals surface area contributed by atoms with E-state index < -0.39 is 17.8 Å². The minimum atomic E-state index is -0.961. The van der Waals surface area contributed by atoms with Crippen molar-refractivity contribution in [2.24, 2.45) is 0 Å². The molecular formula is C9H11FN2O2. The van der Waals surface area contributed by atoms with Crippen molar-refractivity contribution in [3.05, 3.63) is 29.8 Å². The summed E-state index contributed by atoms with van der Waals surface area (Å²) in [6, 6.07) is 0.568. The third-order valence-electron chi connectivity index (χ3n) is 1.85. The van der Waals surface area contributed by atoms with Gasteiger partial charge in [0.25, 0.3) is 0 Å². The minimum Gasteiger partial charge on any atom is -0.480 e. The Morgan fingerprint density at radius 1 is 1.71 bits per heavy atom. The van der Waals surface area contributed by atoms with Crippen LogP contribution in [0.1, 0.15) is 5.56 Å². The highest BCUT2D eigenvalue weighted by atomic mass is 19.1. The molecule has 0 radical (unpaired) electrons. The summed E-state index contributed by atoms with van der Waals surface area (Å²) in [5.74, 6) is -1.42. The smallest absolute Gasteiger partial charge is 0.321 e. The Labute approximate surface area is 80.8 Å². The second kappa shape index (κ2) is 4.66. The van der Waals surface area contributed by atoms with E-state index in [9.17, 15) is 9.18 Å². The van der Waals surface area contributed by atoms with E-state index in [1.807, 2.05) is 0 Å². The van der Waals surface area contributed by atoms with Gasteiger partial charge in [0, 0.05) is 12.6 Å². The largest absolute Gasteiger partial charge is 0.480 e. The Morgan fingerprint density at radius 2 is 2.43 bits per heavy atom. The molecule has 76 valence electrons. The lowest BCUT2D eigenvalue weighted by Gasteiger charge is -2.10. The Bertz CT molecular complexity index is 330. The monoisotopic (exact) mass is 198 g/mol. The molecule has 1 unspecified atom stereocenters. The normalized spacial score (nSPS) is 12.4. The molecule has 0 bridgehead atoms. The Hall–Kier alpha value is -1.49. The third kappa shape index (κ3) is 2.77. The molecule has 1 atom stereocenters. The van der Waals surface area contributed by atoms with Crippen molar-refractivity contribution in [3.63, 3.8) is 0 Å². The van der Waals surface area contributed by atoms with Crippen LogP contribution < -0.4 is 5.32 Å². The van der Waals surface area contributed by atoms with Gasteiger partial charge in [-0.1, -0.05) is 0 Å². The molecule has 0 spiro atoms. The molecule has 2 N–H and O–H groups in total. The van der Waals surface area contributed by atoms with Crippen LogP contribution >= 0.6 is 0 Å². The number of hydrogen-bond donors (Lipinski definition) is 2. The first kappa shape index (κ1) is 10.6. The predicted molar refractivity (Wildman–Crippen MR) is 48.4 cm³/mol. The molecule has 0 aliphatic heterocycles. The Kier molecular flexibility index (Phi) is 3.53. The van der Waals surface area contributed by atoms with Crippen molar-refractivity contribution in [2.45, 2.75) is 12.5 Å².